The Balaban J connectivity index is 2.08. The zero-order valence-electron chi connectivity index (χ0n) is 14.7. The average Bonchev–Trinajstić information content (AvgIpc) is 2.59. The first-order chi connectivity index (χ1) is 11.5. The summed E-state index contributed by atoms with van der Waals surface area (Å²) >= 11 is 0. The highest BCUT2D eigenvalue weighted by Crippen LogP contribution is 2.28. The van der Waals surface area contributed by atoms with Gasteiger partial charge in [0.1, 0.15) is 5.75 Å². The van der Waals surface area contributed by atoms with Crippen LogP contribution in [0.2, 0.25) is 0 Å². The lowest BCUT2D eigenvalue weighted by molar-refractivity contribution is -0.132. The Bertz CT molecular complexity index is 767. The van der Waals surface area contributed by atoms with Crippen molar-refractivity contribution in [2.45, 2.75) is 32.9 Å². The van der Waals surface area contributed by atoms with Crippen LogP contribution in [-0.2, 0) is 11.3 Å². The molecule has 0 saturated heterocycles. The first kappa shape index (κ1) is 17.8. The molecule has 0 spiro atoms. The molecule has 128 valence electrons. The monoisotopic (exact) mass is 328 g/mol. The van der Waals surface area contributed by atoms with Gasteiger partial charge in [-0.25, -0.2) is 0 Å². The van der Waals surface area contributed by atoms with E-state index in [1.54, 1.807) is 29.7 Å². The van der Waals surface area contributed by atoms with E-state index in [2.05, 4.69) is 0 Å². The van der Waals surface area contributed by atoms with Gasteiger partial charge in [0.15, 0.2) is 0 Å². The van der Waals surface area contributed by atoms with Crippen LogP contribution in [0.15, 0.2) is 47.3 Å². The van der Waals surface area contributed by atoms with Gasteiger partial charge in [0.25, 0.3) is 5.56 Å². The van der Waals surface area contributed by atoms with E-state index in [9.17, 15) is 9.59 Å². The molecule has 0 saturated carbocycles. The SMILES string of the molecule is COc1ccccc1C(C)N(C)C(=O)CCn1c(C)cccc1=O. The average molecular weight is 328 g/mol. The van der Waals surface area contributed by atoms with E-state index in [-0.39, 0.29) is 23.9 Å². The molecule has 0 fully saturated rings. The second-order valence-electron chi connectivity index (χ2n) is 5.83. The summed E-state index contributed by atoms with van der Waals surface area (Å²) in [6.45, 7) is 4.22. The van der Waals surface area contributed by atoms with E-state index in [1.165, 1.54) is 6.07 Å². The summed E-state index contributed by atoms with van der Waals surface area (Å²) in [4.78, 5) is 26.1. The van der Waals surface area contributed by atoms with Crippen LogP contribution in [-0.4, -0.2) is 29.5 Å². The zero-order valence-corrected chi connectivity index (χ0v) is 14.7. The number of ether oxygens (including phenoxy) is 1. The fourth-order valence-corrected chi connectivity index (χ4v) is 2.73. The number of carbonyl (C=O) groups is 1. The van der Waals surface area contributed by atoms with Gasteiger partial charge >= 0.3 is 0 Å². The summed E-state index contributed by atoms with van der Waals surface area (Å²) in [5, 5.41) is 0. The van der Waals surface area contributed by atoms with Gasteiger partial charge in [-0.1, -0.05) is 24.3 Å². The van der Waals surface area contributed by atoms with Crippen molar-refractivity contribution < 1.29 is 9.53 Å². The van der Waals surface area contributed by atoms with Crippen molar-refractivity contribution >= 4 is 5.91 Å². The van der Waals surface area contributed by atoms with Gasteiger partial charge in [-0.15, -0.1) is 0 Å². The lowest BCUT2D eigenvalue weighted by Crippen LogP contribution is -2.32. The molecule has 5 nitrogen and oxygen atoms in total. The van der Waals surface area contributed by atoms with Crippen molar-refractivity contribution in [1.82, 2.24) is 9.47 Å². The number of hydrogen-bond acceptors (Lipinski definition) is 3. The van der Waals surface area contributed by atoms with Crippen molar-refractivity contribution in [3.8, 4) is 5.75 Å². The molecule has 2 aromatic rings. The quantitative estimate of drug-likeness (QED) is 0.819. The Morgan fingerprint density at radius 3 is 2.58 bits per heavy atom. The van der Waals surface area contributed by atoms with Crippen molar-refractivity contribution in [2.75, 3.05) is 14.2 Å². The predicted molar refractivity (Wildman–Crippen MR) is 94.2 cm³/mol. The van der Waals surface area contributed by atoms with Crippen molar-refractivity contribution in [3.63, 3.8) is 0 Å². The Labute approximate surface area is 142 Å². The van der Waals surface area contributed by atoms with Gasteiger partial charge in [-0.2, -0.15) is 0 Å². The molecule has 5 heteroatoms. The molecule has 24 heavy (non-hydrogen) atoms. The number of amides is 1. The minimum absolute atomic E-state index is 0.0106. The minimum atomic E-state index is -0.109. The first-order valence-corrected chi connectivity index (χ1v) is 8.00. The number of methoxy groups -OCH3 is 1. The number of pyridine rings is 1. The van der Waals surface area contributed by atoms with E-state index in [0.29, 0.717) is 6.54 Å². The largest absolute Gasteiger partial charge is 0.496 e. The Morgan fingerprint density at radius 2 is 1.92 bits per heavy atom. The minimum Gasteiger partial charge on any atom is -0.496 e. The summed E-state index contributed by atoms with van der Waals surface area (Å²) < 4.78 is 7.00. The normalized spacial score (nSPS) is 11.8. The second kappa shape index (κ2) is 7.81. The molecule has 0 N–H and O–H groups in total. The zero-order chi connectivity index (χ0) is 17.7. The second-order valence-corrected chi connectivity index (χ2v) is 5.83. The number of hydrogen-bond donors (Lipinski definition) is 0. The van der Waals surface area contributed by atoms with Gasteiger partial charge in [0.2, 0.25) is 5.91 Å². The van der Waals surface area contributed by atoms with Crippen molar-refractivity contribution in [2.24, 2.45) is 0 Å². The molecule has 0 aliphatic carbocycles. The molecule has 1 aromatic heterocycles. The first-order valence-electron chi connectivity index (χ1n) is 8.00. The van der Waals surface area contributed by atoms with Gasteiger partial charge in [0.05, 0.1) is 13.2 Å². The Hall–Kier alpha value is -2.56. The van der Waals surface area contributed by atoms with Crippen molar-refractivity contribution in [3.05, 3.63) is 64.1 Å². The summed E-state index contributed by atoms with van der Waals surface area (Å²) in [6.07, 6.45) is 0.279. The number of benzene rings is 1. The highest BCUT2D eigenvalue weighted by Gasteiger charge is 2.20. The van der Waals surface area contributed by atoms with E-state index in [0.717, 1.165) is 17.0 Å². The lowest BCUT2D eigenvalue weighted by atomic mass is 10.1. The maximum Gasteiger partial charge on any atom is 0.250 e. The summed E-state index contributed by atoms with van der Waals surface area (Å²) in [7, 11) is 3.40. The molecule has 1 unspecified atom stereocenters. The fraction of sp³-hybridized carbons (Fsp3) is 0.368. The van der Waals surface area contributed by atoms with Crippen LogP contribution in [0, 0.1) is 6.92 Å². The molecular formula is C19H24N2O3. The highest BCUT2D eigenvalue weighted by molar-refractivity contribution is 5.76. The Kier molecular flexibility index (Phi) is 5.79. The molecule has 1 amide bonds. The summed E-state index contributed by atoms with van der Waals surface area (Å²) in [6, 6.07) is 12.7. The molecule has 0 radical (unpaired) electrons. The van der Waals surface area contributed by atoms with Crippen LogP contribution >= 0.6 is 0 Å². The number of aromatic nitrogens is 1. The molecule has 1 aromatic carbocycles. The molecular weight excluding hydrogens is 304 g/mol. The van der Waals surface area contributed by atoms with Gasteiger partial charge in [-0.05, 0) is 26.0 Å². The maximum atomic E-state index is 12.5. The third kappa shape index (κ3) is 3.85. The third-order valence-corrected chi connectivity index (χ3v) is 4.38. The van der Waals surface area contributed by atoms with Gasteiger partial charge < -0.3 is 14.2 Å². The molecule has 1 heterocycles. The lowest BCUT2D eigenvalue weighted by Gasteiger charge is -2.27. The van der Waals surface area contributed by atoms with E-state index < -0.39 is 0 Å². The van der Waals surface area contributed by atoms with E-state index >= 15 is 0 Å². The van der Waals surface area contributed by atoms with E-state index in [4.69, 9.17) is 4.74 Å². The maximum absolute atomic E-state index is 12.5. The number of para-hydroxylation sites is 1. The molecule has 0 aliphatic heterocycles. The summed E-state index contributed by atoms with van der Waals surface area (Å²) in [5.41, 5.74) is 1.74. The number of carbonyl (C=O) groups excluding carboxylic acids is 1. The molecule has 0 aliphatic rings. The molecule has 1 atom stereocenters. The van der Waals surface area contributed by atoms with Crippen LogP contribution in [0.25, 0.3) is 0 Å². The third-order valence-electron chi connectivity index (χ3n) is 4.38. The van der Waals surface area contributed by atoms with Crippen LogP contribution < -0.4 is 10.3 Å². The fourth-order valence-electron chi connectivity index (χ4n) is 2.73. The van der Waals surface area contributed by atoms with Crippen LogP contribution in [0.5, 0.6) is 5.75 Å². The van der Waals surface area contributed by atoms with Crippen LogP contribution in [0.3, 0.4) is 0 Å². The molecule has 0 bridgehead atoms. The van der Waals surface area contributed by atoms with Gasteiger partial charge in [0, 0.05) is 37.3 Å². The standard InChI is InChI=1S/C19H24N2O3/c1-14-8-7-11-19(23)21(14)13-12-18(22)20(3)15(2)16-9-5-6-10-17(16)24-4/h5-11,15H,12-13H2,1-4H3. The smallest absolute Gasteiger partial charge is 0.250 e. The number of rotatable bonds is 6. The predicted octanol–water partition coefficient (Wildman–Crippen LogP) is 2.78. The topological polar surface area (TPSA) is 51.5 Å². The Morgan fingerprint density at radius 1 is 1.21 bits per heavy atom. The van der Waals surface area contributed by atoms with Crippen molar-refractivity contribution in [1.29, 1.82) is 0 Å². The molecule has 2 rings (SSSR count). The van der Waals surface area contributed by atoms with Crippen LogP contribution in [0.4, 0.5) is 0 Å². The summed E-state index contributed by atoms with van der Waals surface area (Å²) in [5.74, 6) is 0.753. The number of nitrogens with zero attached hydrogens (tertiary/aromatic N) is 2. The van der Waals surface area contributed by atoms with Gasteiger partial charge in [-0.3, -0.25) is 9.59 Å². The number of aryl methyl sites for hydroxylation is 1. The van der Waals surface area contributed by atoms with Crippen LogP contribution in [0.1, 0.15) is 30.6 Å². The highest BCUT2D eigenvalue weighted by atomic mass is 16.5. The van der Waals surface area contributed by atoms with E-state index in [1.807, 2.05) is 44.2 Å².